The molecule has 0 radical (unpaired) electrons. The average Bonchev–Trinajstić information content (AvgIpc) is 2.66. The SMILES string of the molecule is O=C(O)Cc1ccccc1OCc1cc(Cl)cc(/C=C/c2ccncc2)c1. The molecular formula is C22H18ClNO3. The molecule has 136 valence electrons. The minimum atomic E-state index is -0.891. The molecule has 0 saturated heterocycles. The minimum absolute atomic E-state index is 0.0777. The number of rotatable bonds is 7. The molecule has 0 aliphatic carbocycles. The Hall–Kier alpha value is -3.11. The molecule has 0 saturated carbocycles. The monoisotopic (exact) mass is 379 g/mol. The average molecular weight is 380 g/mol. The molecule has 3 rings (SSSR count). The molecule has 1 aromatic heterocycles. The van der Waals surface area contributed by atoms with Crippen LogP contribution in [0.2, 0.25) is 5.02 Å². The molecule has 0 aliphatic heterocycles. The normalized spacial score (nSPS) is 10.9. The molecule has 1 heterocycles. The van der Waals surface area contributed by atoms with E-state index >= 15 is 0 Å². The van der Waals surface area contributed by atoms with Gasteiger partial charge in [0.05, 0.1) is 6.42 Å². The second kappa shape index (κ2) is 9.01. The highest BCUT2D eigenvalue weighted by molar-refractivity contribution is 6.30. The number of carboxylic acids is 1. The van der Waals surface area contributed by atoms with Crippen LogP contribution >= 0.6 is 11.6 Å². The van der Waals surface area contributed by atoms with E-state index in [0.29, 0.717) is 22.9 Å². The first-order valence-electron chi connectivity index (χ1n) is 8.40. The topological polar surface area (TPSA) is 59.4 Å². The molecular weight excluding hydrogens is 362 g/mol. The fraction of sp³-hybridized carbons (Fsp3) is 0.0909. The number of hydrogen-bond acceptors (Lipinski definition) is 3. The van der Waals surface area contributed by atoms with Crippen LogP contribution in [0.3, 0.4) is 0 Å². The highest BCUT2D eigenvalue weighted by Crippen LogP contribution is 2.22. The second-order valence-electron chi connectivity index (χ2n) is 5.97. The number of halogens is 1. The van der Waals surface area contributed by atoms with E-state index in [0.717, 1.165) is 16.7 Å². The summed E-state index contributed by atoms with van der Waals surface area (Å²) in [5, 5.41) is 9.63. The Balaban J connectivity index is 1.74. The zero-order valence-corrected chi connectivity index (χ0v) is 15.3. The highest BCUT2D eigenvalue weighted by atomic mass is 35.5. The van der Waals surface area contributed by atoms with Crippen molar-refractivity contribution in [2.75, 3.05) is 0 Å². The second-order valence-corrected chi connectivity index (χ2v) is 6.41. The molecule has 3 aromatic rings. The molecule has 0 aliphatic rings. The first-order valence-corrected chi connectivity index (χ1v) is 8.78. The van der Waals surface area contributed by atoms with E-state index in [4.69, 9.17) is 21.4 Å². The molecule has 0 bridgehead atoms. The van der Waals surface area contributed by atoms with Crippen LogP contribution in [0, 0.1) is 0 Å². The Labute approximate surface area is 162 Å². The van der Waals surface area contributed by atoms with Crippen LogP contribution < -0.4 is 4.74 Å². The van der Waals surface area contributed by atoms with Gasteiger partial charge in [0.1, 0.15) is 12.4 Å². The van der Waals surface area contributed by atoms with Crippen molar-refractivity contribution < 1.29 is 14.6 Å². The van der Waals surface area contributed by atoms with Crippen LogP contribution in [0.25, 0.3) is 12.2 Å². The third-order valence-corrected chi connectivity index (χ3v) is 4.08. The molecule has 0 spiro atoms. The van der Waals surface area contributed by atoms with Gasteiger partial charge < -0.3 is 9.84 Å². The molecule has 0 atom stereocenters. The zero-order chi connectivity index (χ0) is 19.1. The van der Waals surface area contributed by atoms with Crippen molar-refractivity contribution in [1.82, 2.24) is 4.98 Å². The number of nitrogens with zero attached hydrogens (tertiary/aromatic N) is 1. The van der Waals surface area contributed by atoms with Gasteiger partial charge in [0.2, 0.25) is 0 Å². The zero-order valence-electron chi connectivity index (χ0n) is 14.5. The predicted molar refractivity (Wildman–Crippen MR) is 107 cm³/mol. The maximum Gasteiger partial charge on any atom is 0.307 e. The first-order chi connectivity index (χ1) is 13.1. The molecule has 2 aromatic carbocycles. The Morgan fingerprint density at radius 1 is 1.04 bits per heavy atom. The molecule has 4 nitrogen and oxygen atoms in total. The lowest BCUT2D eigenvalue weighted by molar-refractivity contribution is -0.136. The molecule has 5 heteroatoms. The number of hydrogen-bond donors (Lipinski definition) is 1. The third-order valence-electron chi connectivity index (χ3n) is 3.86. The number of para-hydroxylation sites is 1. The number of aromatic nitrogens is 1. The van der Waals surface area contributed by atoms with Crippen LogP contribution in [-0.2, 0) is 17.8 Å². The number of benzene rings is 2. The largest absolute Gasteiger partial charge is 0.489 e. The van der Waals surface area contributed by atoms with E-state index < -0.39 is 5.97 Å². The molecule has 0 unspecified atom stereocenters. The van der Waals surface area contributed by atoms with Crippen molar-refractivity contribution in [3.8, 4) is 5.75 Å². The van der Waals surface area contributed by atoms with E-state index in [-0.39, 0.29) is 6.42 Å². The highest BCUT2D eigenvalue weighted by Gasteiger charge is 2.08. The van der Waals surface area contributed by atoms with Crippen LogP contribution in [0.5, 0.6) is 5.75 Å². The van der Waals surface area contributed by atoms with Crippen LogP contribution in [0.1, 0.15) is 22.3 Å². The Morgan fingerprint density at radius 2 is 1.78 bits per heavy atom. The van der Waals surface area contributed by atoms with E-state index in [1.54, 1.807) is 30.6 Å². The fourth-order valence-electron chi connectivity index (χ4n) is 2.64. The standard InChI is InChI=1S/C22H18ClNO3/c23-20-12-17(6-5-16-7-9-24-10-8-16)11-18(13-20)15-27-21-4-2-1-3-19(21)14-22(25)26/h1-13H,14-15H2,(H,25,26)/b6-5+. The summed E-state index contributed by atoms with van der Waals surface area (Å²) in [4.78, 5) is 15.0. The van der Waals surface area contributed by atoms with Gasteiger partial charge in [-0.25, -0.2) is 0 Å². The third kappa shape index (κ3) is 5.69. The van der Waals surface area contributed by atoms with Crippen LogP contribution in [0.15, 0.2) is 67.0 Å². The van der Waals surface area contributed by atoms with Gasteiger partial charge >= 0.3 is 5.97 Å². The van der Waals surface area contributed by atoms with Gasteiger partial charge in [-0.2, -0.15) is 0 Å². The van der Waals surface area contributed by atoms with Crippen molar-refractivity contribution in [2.24, 2.45) is 0 Å². The van der Waals surface area contributed by atoms with Gasteiger partial charge in [0.15, 0.2) is 0 Å². The summed E-state index contributed by atoms with van der Waals surface area (Å²) in [6, 6.07) is 16.7. The number of carbonyl (C=O) groups is 1. The summed E-state index contributed by atoms with van der Waals surface area (Å²) in [7, 11) is 0. The molecule has 1 N–H and O–H groups in total. The van der Waals surface area contributed by atoms with E-state index in [1.165, 1.54) is 0 Å². The molecule has 27 heavy (non-hydrogen) atoms. The Morgan fingerprint density at radius 3 is 2.56 bits per heavy atom. The maximum absolute atomic E-state index is 11.0. The van der Waals surface area contributed by atoms with Gasteiger partial charge in [0, 0.05) is 23.0 Å². The number of ether oxygens (including phenoxy) is 1. The summed E-state index contributed by atoms with van der Waals surface area (Å²) in [5.41, 5.74) is 3.55. The van der Waals surface area contributed by atoms with Crippen molar-refractivity contribution in [1.29, 1.82) is 0 Å². The quantitative estimate of drug-likeness (QED) is 0.619. The van der Waals surface area contributed by atoms with Gasteiger partial charge in [-0.05, 0) is 53.1 Å². The number of carboxylic acid groups (broad SMARTS) is 1. The lowest BCUT2D eigenvalue weighted by Gasteiger charge is -2.11. The van der Waals surface area contributed by atoms with Gasteiger partial charge in [-0.3, -0.25) is 9.78 Å². The summed E-state index contributed by atoms with van der Waals surface area (Å²) in [6.45, 7) is 0.299. The fourth-order valence-corrected chi connectivity index (χ4v) is 2.90. The maximum atomic E-state index is 11.0. The summed E-state index contributed by atoms with van der Waals surface area (Å²) < 4.78 is 5.84. The van der Waals surface area contributed by atoms with Gasteiger partial charge in [-0.15, -0.1) is 0 Å². The Kier molecular flexibility index (Phi) is 6.23. The van der Waals surface area contributed by atoms with Crippen LogP contribution in [0.4, 0.5) is 0 Å². The van der Waals surface area contributed by atoms with E-state index in [9.17, 15) is 4.79 Å². The minimum Gasteiger partial charge on any atom is -0.489 e. The van der Waals surface area contributed by atoms with Crippen molar-refractivity contribution in [2.45, 2.75) is 13.0 Å². The smallest absolute Gasteiger partial charge is 0.307 e. The van der Waals surface area contributed by atoms with E-state index in [2.05, 4.69) is 4.98 Å². The van der Waals surface area contributed by atoms with Gasteiger partial charge in [-0.1, -0.05) is 42.0 Å². The number of aliphatic carboxylic acids is 1. The van der Waals surface area contributed by atoms with Crippen molar-refractivity contribution in [3.05, 3.63) is 94.3 Å². The summed E-state index contributed by atoms with van der Waals surface area (Å²) in [5.74, 6) is -0.328. The van der Waals surface area contributed by atoms with Crippen molar-refractivity contribution >= 4 is 29.7 Å². The summed E-state index contributed by atoms with van der Waals surface area (Å²) in [6.07, 6.45) is 7.37. The Bertz CT molecular complexity index is 955. The first kappa shape index (κ1) is 18.7. The number of pyridine rings is 1. The van der Waals surface area contributed by atoms with Crippen LogP contribution in [-0.4, -0.2) is 16.1 Å². The lowest BCUT2D eigenvalue weighted by atomic mass is 10.1. The molecule has 0 fully saturated rings. The lowest BCUT2D eigenvalue weighted by Crippen LogP contribution is -2.04. The predicted octanol–water partition coefficient (Wildman–Crippen LogP) is 5.11. The molecule has 0 amide bonds. The van der Waals surface area contributed by atoms with Crippen molar-refractivity contribution in [3.63, 3.8) is 0 Å². The van der Waals surface area contributed by atoms with E-state index in [1.807, 2.05) is 48.6 Å². The van der Waals surface area contributed by atoms with Gasteiger partial charge in [0.25, 0.3) is 0 Å². The summed E-state index contributed by atoms with van der Waals surface area (Å²) >= 11 is 6.24.